The van der Waals surface area contributed by atoms with E-state index in [0.717, 1.165) is 23.6 Å². The fourth-order valence-electron chi connectivity index (χ4n) is 1.99. The average molecular weight is 242 g/mol. The molecule has 1 aliphatic heterocycles. The molecule has 5 heteroatoms. The first-order chi connectivity index (χ1) is 6.90. The normalized spacial score (nSPS) is 15.5. The van der Waals surface area contributed by atoms with E-state index in [1.54, 1.807) is 0 Å². The van der Waals surface area contributed by atoms with Crippen LogP contribution in [0.1, 0.15) is 12.1 Å². The van der Waals surface area contributed by atoms with Crippen LogP contribution in [0.15, 0.2) is 0 Å². The van der Waals surface area contributed by atoms with E-state index in [1.165, 1.54) is 12.1 Å². The number of aromatic nitrogens is 2. The molecule has 3 nitrogen and oxygen atoms in total. The summed E-state index contributed by atoms with van der Waals surface area (Å²) in [6, 6.07) is 0. The van der Waals surface area contributed by atoms with Gasteiger partial charge in [0, 0.05) is 13.6 Å². The summed E-state index contributed by atoms with van der Waals surface area (Å²) in [7, 11) is 0.464. The Balaban J connectivity index is 2.48. The molecule has 0 radical (unpaired) electrons. The lowest BCUT2D eigenvalue weighted by Crippen LogP contribution is -2.30. The van der Waals surface area contributed by atoms with Crippen LogP contribution >= 0.6 is 12.2 Å². The average Bonchev–Trinajstić information content (AvgIpc) is 2.64. The van der Waals surface area contributed by atoms with Crippen molar-refractivity contribution < 1.29 is 4.43 Å². The number of fused-ring (bicyclic) bond motifs is 1. The molecule has 0 amide bonds. The molecule has 1 aromatic rings. The van der Waals surface area contributed by atoms with E-state index in [2.05, 4.69) is 24.2 Å². The summed E-state index contributed by atoms with van der Waals surface area (Å²) < 4.78 is 11.2. The lowest BCUT2D eigenvalue weighted by atomic mass is 10.3. The highest BCUT2D eigenvalue weighted by Gasteiger charge is 2.25. The van der Waals surface area contributed by atoms with E-state index in [1.807, 2.05) is 11.6 Å². The molecule has 0 saturated carbocycles. The van der Waals surface area contributed by atoms with Gasteiger partial charge in [0.05, 0.1) is 5.69 Å². The zero-order chi connectivity index (χ0) is 11.2. The van der Waals surface area contributed by atoms with Crippen molar-refractivity contribution >= 4 is 20.5 Å². The van der Waals surface area contributed by atoms with Gasteiger partial charge in [-0.1, -0.05) is 0 Å². The van der Waals surface area contributed by atoms with Crippen molar-refractivity contribution in [2.75, 3.05) is 0 Å². The summed E-state index contributed by atoms with van der Waals surface area (Å²) in [5, 5.41) is 0. The van der Waals surface area contributed by atoms with E-state index < -0.39 is 8.32 Å². The van der Waals surface area contributed by atoms with E-state index in [4.69, 9.17) is 16.6 Å². The molecule has 1 aliphatic rings. The molecule has 0 aromatic carbocycles. The molecule has 2 rings (SSSR count). The first-order valence-corrected chi connectivity index (χ1v) is 9.19. The van der Waals surface area contributed by atoms with Crippen LogP contribution in [0.2, 0.25) is 19.6 Å². The van der Waals surface area contributed by atoms with E-state index in [0.29, 0.717) is 0 Å². The standard InChI is InChI=1S/C10H18N2OSSi/c1-11-9(13-15(2,3)4)8-6-5-7-12(8)10(11)14/h5-7H2,1-4H3. The van der Waals surface area contributed by atoms with Crippen LogP contribution in [0.3, 0.4) is 0 Å². The number of hydrogen-bond acceptors (Lipinski definition) is 2. The SMILES string of the molecule is Cn1c(O[Si](C)(C)C)c2n(c1=S)CCC2. The molecule has 0 saturated heterocycles. The molecule has 0 atom stereocenters. The molecule has 0 spiro atoms. The van der Waals surface area contributed by atoms with Crippen molar-refractivity contribution in [1.82, 2.24) is 9.13 Å². The molecule has 0 unspecified atom stereocenters. The van der Waals surface area contributed by atoms with Crippen molar-refractivity contribution in [3.8, 4) is 5.88 Å². The second-order valence-corrected chi connectivity index (χ2v) is 9.86. The minimum absolute atomic E-state index is 0.899. The summed E-state index contributed by atoms with van der Waals surface area (Å²) in [6.07, 6.45) is 2.30. The maximum absolute atomic E-state index is 6.11. The molecule has 0 bridgehead atoms. The molecule has 2 heterocycles. The molecule has 15 heavy (non-hydrogen) atoms. The minimum atomic E-state index is -1.54. The Kier molecular flexibility index (Phi) is 2.54. The Morgan fingerprint density at radius 3 is 2.60 bits per heavy atom. The van der Waals surface area contributed by atoms with Crippen molar-refractivity contribution in [2.45, 2.75) is 39.0 Å². The summed E-state index contributed by atoms with van der Waals surface area (Å²) in [6.45, 7) is 7.66. The van der Waals surface area contributed by atoms with Crippen LogP contribution in [0, 0.1) is 4.77 Å². The summed E-state index contributed by atoms with van der Waals surface area (Å²) in [5.74, 6) is 1.01. The quantitative estimate of drug-likeness (QED) is 0.587. The van der Waals surface area contributed by atoms with Gasteiger partial charge in [-0.05, 0) is 44.7 Å². The number of rotatable bonds is 2. The van der Waals surface area contributed by atoms with Gasteiger partial charge in [-0.3, -0.25) is 4.57 Å². The topological polar surface area (TPSA) is 19.1 Å². The molecule has 0 fully saturated rings. The number of imidazole rings is 1. The summed E-state index contributed by atoms with van der Waals surface area (Å²) in [5.41, 5.74) is 1.30. The molecule has 0 N–H and O–H groups in total. The third kappa shape index (κ3) is 1.90. The summed E-state index contributed by atoms with van der Waals surface area (Å²) in [4.78, 5) is 0. The fraction of sp³-hybridized carbons (Fsp3) is 0.700. The van der Waals surface area contributed by atoms with Gasteiger partial charge in [-0.25, -0.2) is 0 Å². The van der Waals surface area contributed by atoms with Gasteiger partial charge in [0.25, 0.3) is 0 Å². The van der Waals surface area contributed by atoms with Gasteiger partial charge in [0.2, 0.25) is 14.2 Å². The van der Waals surface area contributed by atoms with E-state index >= 15 is 0 Å². The van der Waals surface area contributed by atoms with Crippen molar-refractivity contribution in [3.63, 3.8) is 0 Å². The van der Waals surface area contributed by atoms with Crippen LogP contribution in [-0.4, -0.2) is 17.5 Å². The van der Waals surface area contributed by atoms with Gasteiger partial charge in [-0.2, -0.15) is 0 Å². The number of hydrogen-bond donors (Lipinski definition) is 0. The summed E-state index contributed by atoms with van der Waals surface area (Å²) >= 11 is 5.39. The van der Waals surface area contributed by atoms with Crippen LogP contribution in [0.4, 0.5) is 0 Å². The van der Waals surface area contributed by atoms with Gasteiger partial charge >= 0.3 is 0 Å². The highest BCUT2D eigenvalue weighted by atomic mass is 32.1. The van der Waals surface area contributed by atoms with Crippen molar-refractivity contribution in [2.24, 2.45) is 7.05 Å². The smallest absolute Gasteiger partial charge is 0.244 e. The van der Waals surface area contributed by atoms with Gasteiger partial charge < -0.3 is 8.99 Å². The first kappa shape index (κ1) is 10.9. The first-order valence-electron chi connectivity index (χ1n) is 5.37. The largest absolute Gasteiger partial charge is 0.531 e. The minimum Gasteiger partial charge on any atom is -0.531 e. The van der Waals surface area contributed by atoms with Crippen LogP contribution in [0.5, 0.6) is 5.88 Å². The maximum Gasteiger partial charge on any atom is 0.244 e. The molecule has 84 valence electrons. The number of nitrogens with zero attached hydrogens (tertiary/aromatic N) is 2. The predicted octanol–water partition coefficient (Wildman–Crippen LogP) is 2.72. The molecular formula is C10H18N2OSSi. The predicted molar refractivity (Wildman–Crippen MR) is 66.5 cm³/mol. The Morgan fingerprint density at radius 1 is 1.33 bits per heavy atom. The van der Waals surface area contributed by atoms with Crippen LogP contribution in [-0.2, 0) is 20.0 Å². The van der Waals surface area contributed by atoms with Gasteiger partial charge in [-0.15, -0.1) is 0 Å². The Hall–Kier alpha value is -0.553. The lowest BCUT2D eigenvalue weighted by molar-refractivity contribution is 0.499. The van der Waals surface area contributed by atoms with Crippen molar-refractivity contribution in [3.05, 3.63) is 10.5 Å². The fourth-order valence-corrected chi connectivity index (χ4v) is 3.11. The third-order valence-corrected chi connectivity index (χ3v) is 3.89. The highest BCUT2D eigenvalue weighted by Crippen LogP contribution is 2.29. The molecule has 1 aromatic heterocycles. The zero-order valence-corrected chi connectivity index (χ0v) is 11.6. The Morgan fingerprint density at radius 2 is 2.00 bits per heavy atom. The molecular weight excluding hydrogens is 224 g/mol. The van der Waals surface area contributed by atoms with Gasteiger partial charge in [0.1, 0.15) is 0 Å². The maximum atomic E-state index is 6.11. The second-order valence-electron chi connectivity index (χ2n) is 5.06. The van der Waals surface area contributed by atoms with Gasteiger partial charge in [0.15, 0.2) is 4.77 Å². The van der Waals surface area contributed by atoms with E-state index in [-0.39, 0.29) is 0 Å². The highest BCUT2D eigenvalue weighted by molar-refractivity contribution is 7.71. The Labute approximate surface area is 96.8 Å². The Bertz CT molecular complexity index is 442. The second kappa shape index (κ2) is 3.49. The zero-order valence-electron chi connectivity index (χ0n) is 9.83. The van der Waals surface area contributed by atoms with Crippen LogP contribution < -0.4 is 4.43 Å². The van der Waals surface area contributed by atoms with E-state index in [9.17, 15) is 0 Å². The van der Waals surface area contributed by atoms with Crippen LogP contribution in [0.25, 0.3) is 0 Å². The van der Waals surface area contributed by atoms with Crippen molar-refractivity contribution in [1.29, 1.82) is 0 Å². The lowest BCUT2D eigenvalue weighted by Gasteiger charge is -2.20. The molecule has 0 aliphatic carbocycles. The third-order valence-electron chi connectivity index (χ3n) is 2.59. The monoisotopic (exact) mass is 242 g/mol.